The van der Waals surface area contributed by atoms with Gasteiger partial charge in [-0.2, -0.15) is 0 Å². The molecule has 1 aromatic rings. The minimum Gasteiger partial charge on any atom is -0.444 e. The summed E-state index contributed by atoms with van der Waals surface area (Å²) in [5.74, 6) is -0.108. The third-order valence-electron chi connectivity index (χ3n) is 7.06. The second-order valence-electron chi connectivity index (χ2n) is 11.8. The highest BCUT2D eigenvalue weighted by molar-refractivity contribution is 5.97. The van der Waals surface area contributed by atoms with E-state index in [1.807, 2.05) is 0 Å². The van der Waals surface area contributed by atoms with Crippen molar-refractivity contribution >= 4 is 24.0 Å². The van der Waals surface area contributed by atoms with E-state index >= 15 is 0 Å². The molecule has 0 spiro atoms. The molecule has 240 valence electrons. The van der Waals surface area contributed by atoms with Crippen LogP contribution in [0.25, 0.3) is 0 Å². The summed E-state index contributed by atoms with van der Waals surface area (Å²) >= 11 is 0. The first-order valence-electron chi connectivity index (χ1n) is 15.1. The molecule has 13 nitrogen and oxygen atoms in total. The average Bonchev–Trinajstić information content (AvgIpc) is 2.98. The Kier molecular flexibility index (Phi) is 14.7. The molecule has 13 heteroatoms. The second kappa shape index (κ2) is 17.9. The summed E-state index contributed by atoms with van der Waals surface area (Å²) < 4.78 is 10.7. The van der Waals surface area contributed by atoms with E-state index in [1.54, 1.807) is 49.9 Å². The maximum Gasteiger partial charge on any atom is 0.535 e. The fourth-order valence-electron chi connectivity index (χ4n) is 4.59. The molecule has 2 rings (SSSR count). The van der Waals surface area contributed by atoms with Crippen LogP contribution in [0.3, 0.4) is 0 Å². The quantitative estimate of drug-likeness (QED) is 0.0694. The lowest BCUT2D eigenvalue weighted by molar-refractivity contribution is -0.122. The molecule has 43 heavy (non-hydrogen) atoms. The number of carbonyl (C=O) groups excluding carboxylic acids is 3. The number of oxime groups is 1. The normalized spacial score (nSPS) is 16.2. The molecule has 0 radical (unpaired) electrons. The molecule has 3 N–H and O–H groups in total. The van der Waals surface area contributed by atoms with Gasteiger partial charge in [-0.05, 0) is 57.9 Å². The molecule has 1 fully saturated rings. The highest BCUT2D eigenvalue weighted by Gasteiger charge is 2.32. The highest BCUT2D eigenvalue weighted by atomic mass is 16.8. The lowest BCUT2D eigenvalue weighted by atomic mass is 10.0. The second-order valence-corrected chi connectivity index (χ2v) is 11.8. The Morgan fingerprint density at radius 1 is 1.16 bits per heavy atom. The first-order chi connectivity index (χ1) is 20.4. The van der Waals surface area contributed by atoms with Crippen molar-refractivity contribution in [1.29, 1.82) is 0 Å². The molecule has 0 saturated carbocycles. The van der Waals surface area contributed by atoms with E-state index in [0.29, 0.717) is 18.5 Å². The van der Waals surface area contributed by atoms with E-state index < -0.39 is 23.8 Å². The summed E-state index contributed by atoms with van der Waals surface area (Å²) in [6.45, 7) is 10.5. The molecule has 0 aliphatic carbocycles. The molecule has 1 aromatic carbocycles. The van der Waals surface area contributed by atoms with Crippen LogP contribution in [0.1, 0.15) is 90.7 Å². The van der Waals surface area contributed by atoms with Crippen molar-refractivity contribution in [3.63, 3.8) is 0 Å². The number of piperidine rings is 1. The third kappa shape index (κ3) is 13.3. The Hall–Kier alpha value is -3.90. The Morgan fingerprint density at radius 2 is 1.88 bits per heavy atom. The van der Waals surface area contributed by atoms with Gasteiger partial charge in [0.1, 0.15) is 12.1 Å². The van der Waals surface area contributed by atoms with Gasteiger partial charge < -0.3 is 25.4 Å². The number of likely N-dealkylation sites (tertiary alicyclic amines) is 1. The van der Waals surface area contributed by atoms with E-state index in [1.165, 1.54) is 0 Å². The summed E-state index contributed by atoms with van der Waals surface area (Å²) in [4.78, 5) is 55.0. The van der Waals surface area contributed by atoms with Crippen molar-refractivity contribution in [1.82, 2.24) is 15.2 Å². The lowest BCUT2D eigenvalue weighted by Crippen LogP contribution is -2.51. The largest absolute Gasteiger partial charge is 0.535 e. The fraction of sp³-hybridized carbons (Fsp3) is 0.667. The minimum absolute atomic E-state index is 0.00129. The van der Waals surface area contributed by atoms with Gasteiger partial charge in [0.25, 0.3) is 0 Å². The zero-order valence-corrected chi connectivity index (χ0v) is 26.2. The molecule has 1 saturated heterocycles. The van der Waals surface area contributed by atoms with Gasteiger partial charge in [-0.25, -0.2) is 14.6 Å². The van der Waals surface area contributed by atoms with Crippen LogP contribution in [0.5, 0.6) is 0 Å². The monoisotopic (exact) mass is 604 g/mol. The number of unbranched alkanes of at least 4 members (excludes halogenated alkanes) is 1. The van der Waals surface area contributed by atoms with Crippen LogP contribution in [-0.4, -0.2) is 71.8 Å². The van der Waals surface area contributed by atoms with Gasteiger partial charge in [0.2, 0.25) is 5.91 Å². The van der Waals surface area contributed by atoms with Crippen molar-refractivity contribution in [2.24, 2.45) is 22.1 Å². The van der Waals surface area contributed by atoms with Crippen molar-refractivity contribution < 1.29 is 28.7 Å². The zero-order valence-electron chi connectivity index (χ0n) is 26.2. The number of nitrogens with one attached hydrogen (secondary N) is 1. The Morgan fingerprint density at radius 3 is 2.51 bits per heavy atom. The predicted octanol–water partition coefficient (Wildman–Crippen LogP) is 5.07. The van der Waals surface area contributed by atoms with Crippen LogP contribution < -0.4 is 11.1 Å². The van der Waals surface area contributed by atoms with Gasteiger partial charge in [-0.1, -0.05) is 62.5 Å². The number of rotatable bonds is 15. The topological polar surface area (TPSA) is 165 Å². The van der Waals surface area contributed by atoms with Gasteiger partial charge >= 0.3 is 12.2 Å². The number of nitrogens with zero attached hydrogens (tertiary/aromatic N) is 4. The molecule has 0 bridgehead atoms. The Labute approximate surface area is 254 Å². The first-order valence-corrected chi connectivity index (χ1v) is 15.1. The van der Waals surface area contributed by atoms with Crippen molar-refractivity contribution in [2.45, 2.75) is 97.8 Å². The SMILES string of the molecule is CCCCC(CC)COC(=O)O/N=C(\N)c1ccc(CNC(=O)CN(C[C@@H]2CCCCN2C(=O)OC(C)(C)C)N=O)cc1. The number of ether oxygens (including phenoxy) is 2. The third-order valence-corrected chi connectivity index (χ3v) is 7.06. The van der Waals surface area contributed by atoms with Gasteiger partial charge in [-0.3, -0.25) is 9.63 Å². The van der Waals surface area contributed by atoms with Crippen LogP contribution in [-0.2, 0) is 25.7 Å². The highest BCUT2D eigenvalue weighted by Crippen LogP contribution is 2.21. The molecule has 1 unspecified atom stereocenters. The molecule has 1 aliphatic rings. The number of hydrogen-bond donors (Lipinski definition) is 2. The molecule has 1 heterocycles. The number of nitroso groups, excluding NO2 is 1. The summed E-state index contributed by atoms with van der Waals surface area (Å²) in [7, 11) is 0. The molecule has 2 amide bonds. The number of carbonyl (C=O) groups is 3. The summed E-state index contributed by atoms with van der Waals surface area (Å²) in [6.07, 6.45) is 5.16. The fourth-order valence-corrected chi connectivity index (χ4v) is 4.59. The molecular weight excluding hydrogens is 556 g/mol. The van der Waals surface area contributed by atoms with Crippen molar-refractivity contribution in [2.75, 3.05) is 26.2 Å². The van der Waals surface area contributed by atoms with Crippen LogP contribution in [0, 0.1) is 10.8 Å². The van der Waals surface area contributed by atoms with Gasteiger partial charge in [0.15, 0.2) is 5.84 Å². The smallest absolute Gasteiger partial charge is 0.444 e. The molecular formula is C30H48N6O7. The maximum atomic E-state index is 12.7. The average molecular weight is 605 g/mol. The minimum atomic E-state index is -0.905. The van der Waals surface area contributed by atoms with Gasteiger partial charge in [0.05, 0.1) is 24.5 Å². The first kappa shape index (κ1) is 35.3. The van der Waals surface area contributed by atoms with Crippen molar-refractivity contribution in [3.05, 3.63) is 40.3 Å². The lowest BCUT2D eigenvalue weighted by Gasteiger charge is -2.37. The summed E-state index contributed by atoms with van der Waals surface area (Å²) in [5, 5.41) is 10.6. The number of hydrogen-bond acceptors (Lipinski definition) is 9. The van der Waals surface area contributed by atoms with Gasteiger partial charge in [0, 0.05) is 18.7 Å². The van der Waals surface area contributed by atoms with Crippen LogP contribution >= 0.6 is 0 Å². The summed E-state index contributed by atoms with van der Waals surface area (Å²) in [6, 6.07) is 6.57. The van der Waals surface area contributed by atoms with E-state index in [0.717, 1.165) is 49.1 Å². The van der Waals surface area contributed by atoms with E-state index in [-0.39, 0.29) is 44.0 Å². The number of benzene rings is 1. The number of amides is 2. The molecule has 0 aromatic heterocycles. The van der Waals surface area contributed by atoms with E-state index in [4.69, 9.17) is 20.0 Å². The van der Waals surface area contributed by atoms with Crippen LogP contribution in [0.4, 0.5) is 9.59 Å². The zero-order chi connectivity index (χ0) is 31.8. The summed E-state index contributed by atoms with van der Waals surface area (Å²) in [5.41, 5.74) is 6.60. The van der Waals surface area contributed by atoms with Crippen LogP contribution in [0.15, 0.2) is 34.7 Å². The van der Waals surface area contributed by atoms with E-state index in [9.17, 15) is 19.3 Å². The number of nitrogens with two attached hydrogens (primary N) is 1. The predicted molar refractivity (Wildman–Crippen MR) is 163 cm³/mol. The van der Waals surface area contributed by atoms with Gasteiger partial charge in [-0.15, -0.1) is 4.91 Å². The Balaban J connectivity index is 1.82. The van der Waals surface area contributed by atoms with Crippen LogP contribution in [0.2, 0.25) is 0 Å². The van der Waals surface area contributed by atoms with E-state index in [2.05, 4.69) is 29.6 Å². The Bertz CT molecular complexity index is 1070. The molecule has 2 atom stereocenters. The standard InChI is InChI=1S/C30H48N6O7/c1-6-8-11-22(7-2)21-41-29(39)43-33-27(31)24-15-13-23(14-16-24)18-32-26(37)20-35(34-40)19-25-12-9-10-17-36(25)28(38)42-30(3,4)5/h13-16,22,25H,6-12,17-21H2,1-5H3,(H2,31,33)(H,32,37)/t22?,25-/m0/s1. The number of amidine groups is 1. The maximum absolute atomic E-state index is 12.7. The molecule has 1 aliphatic heterocycles. The van der Waals surface area contributed by atoms with Crippen molar-refractivity contribution in [3.8, 4) is 0 Å².